The summed E-state index contributed by atoms with van der Waals surface area (Å²) in [6.07, 6.45) is 0.506. The molecule has 4 heteroatoms. The second kappa shape index (κ2) is 6.61. The molecule has 0 aromatic heterocycles. The van der Waals surface area contributed by atoms with Crippen LogP contribution in [0.4, 0.5) is 0 Å². The highest BCUT2D eigenvalue weighted by Crippen LogP contribution is 1.98. The predicted octanol–water partition coefficient (Wildman–Crippen LogP) is -0.125. The van der Waals surface area contributed by atoms with Gasteiger partial charge in [-0.25, -0.2) is 0 Å². The summed E-state index contributed by atoms with van der Waals surface area (Å²) in [5.41, 5.74) is 1.14. The Bertz CT molecular complexity index is 349. The Morgan fingerprint density at radius 1 is 1.12 bits per heavy atom. The minimum atomic E-state index is -1.20. The van der Waals surface area contributed by atoms with Crippen LogP contribution < -0.4 is 10.4 Å². The molecule has 1 rings (SSSR count). The smallest absolute Gasteiger partial charge is 0.220 e. The first-order valence-electron chi connectivity index (χ1n) is 5.19. The molecule has 0 unspecified atom stereocenters. The second-order valence-electron chi connectivity index (χ2n) is 3.46. The number of carboxylic acid groups (broad SMARTS) is 1. The fourth-order valence-electron chi connectivity index (χ4n) is 1.29. The van der Waals surface area contributed by atoms with E-state index in [9.17, 15) is 14.7 Å². The summed E-state index contributed by atoms with van der Waals surface area (Å²) >= 11 is 0. The van der Waals surface area contributed by atoms with Gasteiger partial charge in [-0.05, 0) is 18.4 Å². The number of hydrogen-bond acceptors (Lipinski definition) is 3. The summed E-state index contributed by atoms with van der Waals surface area (Å²) in [5.74, 6) is -1.45. The molecule has 0 aliphatic carbocycles. The monoisotopic (exact) mass is 220 g/mol. The van der Waals surface area contributed by atoms with Crippen molar-refractivity contribution in [1.29, 1.82) is 0 Å². The first-order valence-corrected chi connectivity index (χ1v) is 5.19. The first kappa shape index (κ1) is 12.2. The van der Waals surface area contributed by atoms with Crippen LogP contribution >= 0.6 is 0 Å². The number of hydrogen-bond donors (Lipinski definition) is 1. The van der Waals surface area contributed by atoms with Crippen molar-refractivity contribution in [2.75, 3.05) is 6.54 Å². The molecule has 1 aromatic carbocycles. The molecule has 1 amide bonds. The highest BCUT2D eigenvalue weighted by molar-refractivity contribution is 5.79. The number of benzene rings is 1. The third kappa shape index (κ3) is 5.14. The zero-order chi connectivity index (χ0) is 11.8. The van der Waals surface area contributed by atoms with Crippen LogP contribution in [-0.2, 0) is 16.0 Å². The van der Waals surface area contributed by atoms with E-state index in [-0.39, 0.29) is 18.7 Å². The maximum Gasteiger partial charge on any atom is 0.220 e. The molecule has 1 aromatic rings. The number of amides is 1. The fraction of sp³-hybridized carbons (Fsp3) is 0.333. The van der Waals surface area contributed by atoms with Crippen molar-refractivity contribution in [2.45, 2.75) is 19.3 Å². The number of carbonyl (C=O) groups is 2. The number of aliphatic carboxylic acids is 1. The molecule has 0 radical (unpaired) electrons. The molecule has 4 nitrogen and oxygen atoms in total. The first-order chi connectivity index (χ1) is 7.68. The van der Waals surface area contributed by atoms with Gasteiger partial charge in [0.05, 0.1) is 0 Å². The van der Waals surface area contributed by atoms with Gasteiger partial charge in [0.1, 0.15) is 0 Å². The van der Waals surface area contributed by atoms with Gasteiger partial charge in [0, 0.05) is 18.9 Å². The molecular weight excluding hydrogens is 206 g/mol. The van der Waals surface area contributed by atoms with Crippen LogP contribution in [0.3, 0.4) is 0 Å². The Morgan fingerprint density at radius 3 is 2.44 bits per heavy atom. The quantitative estimate of drug-likeness (QED) is 0.726. The summed E-state index contributed by atoms with van der Waals surface area (Å²) in [5, 5.41) is 12.8. The van der Waals surface area contributed by atoms with Crippen molar-refractivity contribution in [3.8, 4) is 0 Å². The third-order valence-corrected chi connectivity index (χ3v) is 2.13. The molecule has 1 N–H and O–H groups in total. The van der Waals surface area contributed by atoms with Gasteiger partial charge in [0.15, 0.2) is 0 Å². The molecule has 0 saturated carbocycles. The molecule has 86 valence electrons. The lowest BCUT2D eigenvalue weighted by Crippen LogP contribution is -2.29. The van der Waals surface area contributed by atoms with Crippen LogP contribution in [0.2, 0.25) is 0 Å². The topological polar surface area (TPSA) is 69.2 Å². The summed E-state index contributed by atoms with van der Waals surface area (Å²) in [7, 11) is 0. The highest BCUT2D eigenvalue weighted by atomic mass is 16.4. The molecule has 0 saturated heterocycles. The number of carboxylic acids is 1. The largest absolute Gasteiger partial charge is 0.550 e. The van der Waals surface area contributed by atoms with Gasteiger partial charge in [-0.15, -0.1) is 0 Å². The molecule has 0 aliphatic rings. The van der Waals surface area contributed by atoms with Crippen molar-refractivity contribution in [1.82, 2.24) is 5.32 Å². The van der Waals surface area contributed by atoms with Gasteiger partial charge in [-0.3, -0.25) is 4.79 Å². The Hall–Kier alpha value is -1.84. The van der Waals surface area contributed by atoms with E-state index in [1.54, 1.807) is 0 Å². The van der Waals surface area contributed by atoms with Gasteiger partial charge < -0.3 is 15.2 Å². The molecule has 0 aliphatic heterocycles. The summed E-state index contributed by atoms with van der Waals surface area (Å²) in [6.45, 7) is 0.524. The van der Waals surface area contributed by atoms with E-state index < -0.39 is 5.97 Å². The summed E-state index contributed by atoms with van der Waals surface area (Å²) in [4.78, 5) is 21.2. The summed E-state index contributed by atoms with van der Waals surface area (Å²) < 4.78 is 0. The molecule has 0 atom stereocenters. The van der Waals surface area contributed by atoms with E-state index in [1.165, 1.54) is 0 Å². The van der Waals surface area contributed by atoms with E-state index in [0.717, 1.165) is 12.0 Å². The molecule has 0 fully saturated rings. The van der Waals surface area contributed by atoms with Crippen LogP contribution in [0.1, 0.15) is 18.4 Å². The molecule has 0 spiro atoms. The van der Waals surface area contributed by atoms with E-state index in [4.69, 9.17) is 0 Å². The van der Waals surface area contributed by atoms with E-state index >= 15 is 0 Å². The van der Waals surface area contributed by atoms with E-state index in [0.29, 0.717) is 6.54 Å². The lowest BCUT2D eigenvalue weighted by Gasteiger charge is -2.05. The van der Waals surface area contributed by atoms with Crippen LogP contribution in [-0.4, -0.2) is 18.4 Å². The molecule has 0 heterocycles. The van der Waals surface area contributed by atoms with Gasteiger partial charge >= 0.3 is 0 Å². The number of rotatable bonds is 6. The van der Waals surface area contributed by atoms with E-state index in [1.807, 2.05) is 30.3 Å². The van der Waals surface area contributed by atoms with Crippen LogP contribution in [0.15, 0.2) is 30.3 Å². The maximum absolute atomic E-state index is 11.1. The Balaban J connectivity index is 2.16. The van der Waals surface area contributed by atoms with Gasteiger partial charge in [-0.2, -0.15) is 0 Å². The second-order valence-corrected chi connectivity index (χ2v) is 3.46. The minimum Gasteiger partial charge on any atom is -0.550 e. The van der Waals surface area contributed by atoms with Crippen LogP contribution in [0.5, 0.6) is 0 Å². The van der Waals surface area contributed by atoms with E-state index in [2.05, 4.69) is 5.32 Å². The fourth-order valence-corrected chi connectivity index (χ4v) is 1.29. The number of carbonyl (C=O) groups excluding carboxylic acids is 2. The SMILES string of the molecule is O=C([O-])CCC(=O)NCCc1ccccc1. The lowest BCUT2D eigenvalue weighted by molar-refractivity contribution is -0.305. The van der Waals surface area contributed by atoms with Crippen molar-refractivity contribution >= 4 is 11.9 Å². The third-order valence-electron chi connectivity index (χ3n) is 2.13. The Labute approximate surface area is 94.3 Å². The van der Waals surface area contributed by atoms with Crippen LogP contribution in [0, 0.1) is 0 Å². The Kier molecular flexibility index (Phi) is 5.05. The molecule has 16 heavy (non-hydrogen) atoms. The average Bonchev–Trinajstić information content (AvgIpc) is 2.28. The highest BCUT2D eigenvalue weighted by Gasteiger charge is 2.00. The zero-order valence-electron chi connectivity index (χ0n) is 8.94. The van der Waals surface area contributed by atoms with Gasteiger partial charge in [0.25, 0.3) is 0 Å². The zero-order valence-corrected chi connectivity index (χ0v) is 8.94. The van der Waals surface area contributed by atoms with Crippen molar-refractivity contribution < 1.29 is 14.7 Å². The Morgan fingerprint density at radius 2 is 1.81 bits per heavy atom. The van der Waals surface area contributed by atoms with Crippen LogP contribution in [0.25, 0.3) is 0 Å². The predicted molar refractivity (Wildman–Crippen MR) is 57.4 cm³/mol. The molecular formula is C12H14NO3-. The molecule has 0 bridgehead atoms. The maximum atomic E-state index is 11.1. The van der Waals surface area contributed by atoms with Crippen molar-refractivity contribution in [3.63, 3.8) is 0 Å². The standard InChI is InChI=1S/C12H15NO3/c14-11(6-7-12(15)16)13-9-8-10-4-2-1-3-5-10/h1-5H,6-9H2,(H,13,14)(H,15,16)/p-1. The van der Waals surface area contributed by atoms with Crippen molar-refractivity contribution in [2.24, 2.45) is 0 Å². The van der Waals surface area contributed by atoms with Crippen molar-refractivity contribution in [3.05, 3.63) is 35.9 Å². The minimum absolute atomic E-state index is 0.0167. The average molecular weight is 220 g/mol. The van der Waals surface area contributed by atoms with Gasteiger partial charge in [0.2, 0.25) is 5.91 Å². The van der Waals surface area contributed by atoms with Gasteiger partial charge in [-0.1, -0.05) is 30.3 Å². The number of nitrogens with one attached hydrogen (secondary N) is 1. The summed E-state index contributed by atoms with van der Waals surface area (Å²) in [6, 6.07) is 9.77. The normalized spacial score (nSPS) is 9.75. The lowest BCUT2D eigenvalue weighted by atomic mass is 10.1.